The third-order valence-corrected chi connectivity index (χ3v) is 2.88. The zero-order chi connectivity index (χ0) is 12.8. The van der Waals surface area contributed by atoms with Crippen LogP contribution in [0.2, 0.25) is 0 Å². The summed E-state index contributed by atoms with van der Waals surface area (Å²) in [4.78, 5) is 11.7. The molecule has 0 aromatic carbocycles. The van der Waals surface area contributed by atoms with Crippen LogP contribution in [-0.2, 0) is 11.3 Å². The molecule has 0 saturated heterocycles. The van der Waals surface area contributed by atoms with E-state index in [2.05, 4.69) is 17.3 Å². The maximum atomic E-state index is 11.7. The summed E-state index contributed by atoms with van der Waals surface area (Å²) in [6.07, 6.45) is 3.67. The molecule has 0 fully saturated rings. The van der Waals surface area contributed by atoms with Crippen LogP contribution in [0.15, 0.2) is 18.5 Å². The fraction of sp³-hybridized carbons (Fsp3) is 0.667. The van der Waals surface area contributed by atoms with E-state index >= 15 is 0 Å². The summed E-state index contributed by atoms with van der Waals surface area (Å²) in [5.41, 5.74) is 5.68. The van der Waals surface area contributed by atoms with Crippen molar-refractivity contribution in [3.63, 3.8) is 0 Å². The Morgan fingerprint density at radius 2 is 2.18 bits per heavy atom. The smallest absolute Gasteiger partial charge is 0.224 e. The fourth-order valence-corrected chi connectivity index (χ4v) is 1.47. The Kier molecular flexibility index (Phi) is 5.15. The molecule has 5 heteroatoms. The van der Waals surface area contributed by atoms with E-state index in [9.17, 15) is 4.79 Å². The van der Waals surface area contributed by atoms with Gasteiger partial charge in [0.15, 0.2) is 0 Å². The summed E-state index contributed by atoms with van der Waals surface area (Å²) in [5, 5.41) is 7.05. The van der Waals surface area contributed by atoms with Gasteiger partial charge in [0.25, 0.3) is 0 Å². The Labute approximate surface area is 102 Å². The molecule has 0 aliphatic rings. The van der Waals surface area contributed by atoms with Crippen molar-refractivity contribution in [1.82, 2.24) is 15.1 Å². The van der Waals surface area contributed by atoms with Gasteiger partial charge >= 0.3 is 0 Å². The molecule has 1 heterocycles. The maximum absolute atomic E-state index is 11.7. The lowest BCUT2D eigenvalue weighted by Crippen LogP contribution is -2.40. The van der Waals surface area contributed by atoms with Crippen molar-refractivity contribution in [2.24, 2.45) is 17.6 Å². The predicted molar refractivity (Wildman–Crippen MR) is 67.2 cm³/mol. The summed E-state index contributed by atoms with van der Waals surface area (Å²) in [5.74, 6) is 0.221. The van der Waals surface area contributed by atoms with Gasteiger partial charge in [-0.05, 0) is 18.9 Å². The van der Waals surface area contributed by atoms with Gasteiger partial charge in [-0.25, -0.2) is 0 Å². The molecule has 1 aromatic heterocycles. The molecule has 0 saturated carbocycles. The van der Waals surface area contributed by atoms with Gasteiger partial charge in [-0.1, -0.05) is 13.8 Å². The standard InChI is InChI=1S/C12H22N4O/c1-9(8-16-6-4-5-15-16)7-14-12(17)10(2)11(3)13/h4-6,9-11H,7-8,13H2,1-3H3,(H,14,17). The second kappa shape index (κ2) is 6.39. The lowest BCUT2D eigenvalue weighted by Gasteiger charge is -2.18. The van der Waals surface area contributed by atoms with Gasteiger partial charge in [-0.3, -0.25) is 9.48 Å². The van der Waals surface area contributed by atoms with Gasteiger partial charge in [0.05, 0.1) is 0 Å². The molecule has 0 aliphatic carbocycles. The topological polar surface area (TPSA) is 72.9 Å². The molecule has 0 radical (unpaired) electrons. The fourth-order valence-electron chi connectivity index (χ4n) is 1.47. The highest BCUT2D eigenvalue weighted by Gasteiger charge is 2.17. The summed E-state index contributed by atoms with van der Waals surface area (Å²) >= 11 is 0. The van der Waals surface area contributed by atoms with Crippen LogP contribution >= 0.6 is 0 Å². The highest BCUT2D eigenvalue weighted by Crippen LogP contribution is 2.02. The Bertz CT molecular complexity index is 334. The van der Waals surface area contributed by atoms with Gasteiger partial charge in [-0.2, -0.15) is 5.10 Å². The molecule has 5 nitrogen and oxygen atoms in total. The molecule has 3 atom stereocenters. The monoisotopic (exact) mass is 238 g/mol. The first kappa shape index (κ1) is 13.7. The molecule has 0 aliphatic heterocycles. The van der Waals surface area contributed by atoms with Crippen LogP contribution in [0.5, 0.6) is 0 Å². The molecule has 0 bridgehead atoms. The average molecular weight is 238 g/mol. The first-order valence-electron chi connectivity index (χ1n) is 6.01. The van der Waals surface area contributed by atoms with Crippen LogP contribution in [0, 0.1) is 11.8 Å². The van der Waals surface area contributed by atoms with Crippen molar-refractivity contribution in [1.29, 1.82) is 0 Å². The van der Waals surface area contributed by atoms with Crippen LogP contribution in [0.25, 0.3) is 0 Å². The average Bonchev–Trinajstić information content (AvgIpc) is 2.77. The van der Waals surface area contributed by atoms with Crippen LogP contribution in [0.3, 0.4) is 0 Å². The molecule has 3 N–H and O–H groups in total. The highest BCUT2D eigenvalue weighted by atomic mass is 16.1. The molecule has 0 spiro atoms. The number of amides is 1. The number of hydrogen-bond donors (Lipinski definition) is 2. The van der Waals surface area contributed by atoms with Gasteiger partial charge in [0.2, 0.25) is 5.91 Å². The minimum Gasteiger partial charge on any atom is -0.355 e. The number of nitrogens with two attached hydrogens (primary N) is 1. The number of carbonyl (C=O) groups excluding carboxylic acids is 1. The first-order chi connectivity index (χ1) is 8.00. The first-order valence-corrected chi connectivity index (χ1v) is 6.01. The zero-order valence-corrected chi connectivity index (χ0v) is 10.8. The molecule has 1 rings (SSSR count). The number of rotatable bonds is 6. The second-order valence-electron chi connectivity index (χ2n) is 4.73. The van der Waals surface area contributed by atoms with Crippen molar-refractivity contribution in [3.8, 4) is 0 Å². The molecule has 3 unspecified atom stereocenters. The molecular formula is C12H22N4O. The quantitative estimate of drug-likeness (QED) is 0.763. The summed E-state index contributed by atoms with van der Waals surface area (Å²) in [6.45, 7) is 7.23. The number of nitrogens with one attached hydrogen (secondary N) is 1. The van der Waals surface area contributed by atoms with E-state index < -0.39 is 0 Å². The lowest BCUT2D eigenvalue weighted by atomic mass is 10.0. The molecule has 96 valence electrons. The lowest BCUT2D eigenvalue weighted by molar-refractivity contribution is -0.125. The number of carbonyl (C=O) groups is 1. The third kappa shape index (κ3) is 4.56. The second-order valence-corrected chi connectivity index (χ2v) is 4.73. The normalized spacial score (nSPS) is 16.2. The minimum absolute atomic E-state index is 0.0207. The van der Waals surface area contributed by atoms with E-state index in [-0.39, 0.29) is 17.9 Å². The van der Waals surface area contributed by atoms with Gasteiger partial charge < -0.3 is 11.1 Å². The Morgan fingerprint density at radius 3 is 2.71 bits per heavy atom. The predicted octanol–water partition coefficient (Wildman–Crippen LogP) is 0.619. The Balaban J connectivity index is 2.28. The van der Waals surface area contributed by atoms with E-state index in [1.54, 1.807) is 6.20 Å². The van der Waals surface area contributed by atoms with E-state index in [4.69, 9.17) is 5.73 Å². The summed E-state index contributed by atoms with van der Waals surface area (Å²) in [6, 6.07) is 1.78. The van der Waals surface area contributed by atoms with Crippen LogP contribution in [0.1, 0.15) is 20.8 Å². The van der Waals surface area contributed by atoms with Gasteiger partial charge in [0, 0.05) is 37.4 Å². The largest absolute Gasteiger partial charge is 0.355 e. The van der Waals surface area contributed by atoms with Crippen molar-refractivity contribution in [2.75, 3.05) is 6.54 Å². The number of hydrogen-bond acceptors (Lipinski definition) is 3. The van der Waals surface area contributed by atoms with E-state index in [0.717, 1.165) is 6.54 Å². The highest BCUT2D eigenvalue weighted by molar-refractivity contribution is 5.78. The van der Waals surface area contributed by atoms with Crippen LogP contribution < -0.4 is 11.1 Å². The van der Waals surface area contributed by atoms with Crippen LogP contribution in [-0.4, -0.2) is 28.3 Å². The van der Waals surface area contributed by atoms with Gasteiger partial charge in [-0.15, -0.1) is 0 Å². The Morgan fingerprint density at radius 1 is 1.47 bits per heavy atom. The number of nitrogens with zero attached hydrogens (tertiary/aromatic N) is 2. The van der Waals surface area contributed by atoms with Crippen molar-refractivity contribution in [2.45, 2.75) is 33.4 Å². The number of aromatic nitrogens is 2. The molecular weight excluding hydrogens is 216 g/mol. The van der Waals surface area contributed by atoms with E-state index in [1.165, 1.54) is 0 Å². The maximum Gasteiger partial charge on any atom is 0.224 e. The van der Waals surface area contributed by atoms with Crippen molar-refractivity contribution in [3.05, 3.63) is 18.5 Å². The van der Waals surface area contributed by atoms with E-state index in [1.807, 2.05) is 30.8 Å². The zero-order valence-electron chi connectivity index (χ0n) is 10.8. The molecule has 17 heavy (non-hydrogen) atoms. The SMILES string of the molecule is CC(CNC(=O)C(C)C(C)N)Cn1cccn1. The minimum atomic E-state index is -0.146. The van der Waals surface area contributed by atoms with Crippen molar-refractivity contribution >= 4 is 5.91 Å². The summed E-state index contributed by atoms with van der Waals surface area (Å²) in [7, 11) is 0. The molecule has 1 amide bonds. The third-order valence-electron chi connectivity index (χ3n) is 2.88. The van der Waals surface area contributed by atoms with E-state index in [0.29, 0.717) is 12.5 Å². The summed E-state index contributed by atoms with van der Waals surface area (Å²) < 4.78 is 1.87. The van der Waals surface area contributed by atoms with Crippen molar-refractivity contribution < 1.29 is 4.79 Å². The Hall–Kier alpha value is -1.36. The van der Waals surface area contributed by atoms with Gasteiger partial charge in [0.1, 0.15) is 0 Å². The van der Waals surface area contributed by atoms with Crippen LogP contribution in [0.4, 0.5) is 0 Å². The molecule has 1 aromatic rings.